The molecule has 1 saturated carbocycles. The number of halogens is 2. The minimum Gasteiger partial charge on any atom is -0.306 e. The molecule has 0 amide bonds. The van der Waals surface area contributed by atoms with E-state index in [1.54, 1.807) is 0 Å². The van der Waals surface area contributed by atoms with E-state index in [1.807, 2.05) is 6.07 Å². The highest BCUT2D eigenvalue weighted by molar-refractivity contribution is 7.99. The Kier molecular flexibility index (Phi) is 5.70. The van der Waals surface area contributed by atoms with E-state index >= 15 is 0 Å². The van der Waals surface area contributed by atoms with Crippen LogP contribution in [0.2, 0.25) is 8.67 Å². The van der Waals surface area contributed by atoms with Crippen LogP contribution in [0, 0.1) is 0 Å². The topological polar surface area (TPSA) is 12.0 Å². The molecule has 1 fully saturated rings. The van der Waals surface area contributed by atoms with Crippen LogP contribution >= 0.6 is 46.3 Å². The van der Waals surface area contributed by atoms with Gasteiger partial charge in [0.2, 0.25) is 0 Å². The summed E-state index contributed by atoms with van der Waals surface area (Å²) in [5.74, 6) is 1.20. The van der Waals surface area contributed by atoms with Crippen molar-refractivity contribution in [2.75, 3.05) is 5.75 Å². The third-order valence-corrected chi connectivity index (χ3v) is 6.29. The first-order chi connectivity index (χ1) is 8.61. The zero-order chi connectivity index (χ0) is 13.1. The average molecular weight is 324 g/mol. The van der Waals surface area contributed by atoms with Crippen LogP contribution in [0.1, 0.15) is 44.7 Å². The molecule has 5 heteroatoms. The van der Waals surface area contributed by atoms with Crippen molar-refractivity contribution in [3.8, 4) is 0 Å². The number of thioether (sulfide) groups is 1. The molecule has 0 saturated heterocycles. The van der Waals surface area contributed by atoms with Crippen molar-refractivity contribution in [3.05, 3.63) is 20.3 Å². The molecule has 3 unspecified atom stereocenters. The summed E-state index contributed by atoms with van der Waals surface area (Å²) in [4.78, 5) is 0. The van der Waals surface area contributed by atoms with Gasteiger partial charge in [0.05, 0.1) is 8.67 Å². The van der Waals surface area contributed by atoms with Gasteiger partial charge in [-0.05, 0) is 37.1 Å². The maximum absolute atomic E-state index is 6.21. The van der Waals surface area contributed by atoms with Gasteiger partial charge in [-0.3, -0.25) is 0 Å². The van der Waals surface area contributed by atoms with Crippen molar-refractivity contribution >= 4 is 46.3 Å². The Bertz CT molecular complexity index is 394. The molecular formula is C13H19Cl2NS2. The standard InChI is InChI=1S/C13H19Cl2NS2/c1-3-17-11-6-4-5-10(11)16-8(2)9-7-12(14)18-13(9)15/h7-8,10-11,16H,3-6H2,1-2H3. The number of thiophene rings is 1. The third kappa shape index (κ3) is 3.57. The summed E-state index contributed by atoms with van der Waals surface area (Å²) >= 11 is 15.7. The molecule has 0 aliphatic heterocycles. The van der Waals surface area contributed by atoms with Crippen LogP contribution in [-0.4, -0.2) is 17.0 Å². The summed E-state index contributed by atoms with van der Waals surface area (Å²) in [5.41, 5.74) is 1.14. The Hall–Kier alpha value is 0.590. The summed E-state index contributed by atoms with van der Waals surface area (Å²) < 4.78 is 1.59. The molecular weight excluding hydrogens is 305 g/mol. The van der Waals surface area contributed by atoms with Crippen molar-refractivity contribution in [1.29, 1.82) is 0 Å². The smallest absolute Gasteiger partial charge is 0.0991 e. The fraction of sp³-hybridized carbons (Fsp3) is 0.692. The molecule has 2 rings (SSSR count). The molecule has 1 aromatic heterocycles. The molecule has 1 aromatic rings. The number of nitrogens with one attached hydrogen (secondary N) is 1. The van der Waals surface area contributed by atoms with E-state index in [2.05, 4.69) is 30.9 Å². The fourth-order valence-corrected chi connectivity index (χ4v) is 5.44. The van der Waals surface area contributed by atoms with E-state index in [9.17, 15) is 0 Å². The molecule has 0 spiro atoms. The van der Waals surface area contributed by atoms with E-state index in [-0.39, 0.29) is 6.04 Å². The van der Waals surface area contributed by atoms with E-state index in [0.717, 1.165) is 19.5 Å². The maximum Gasteiger partial charge on any atom is 0.0991 e. The summed E-state index contributed by atoms with van der Waals surface area (Å²) in [6.07, 6.45) is 3.94. The Morgan fingerprint density at radius 2 is 2.28 bits per heavy atom. The van der Waals surface area contributed by atoms with Crippen molar-refractivity contribution < 1.29 is 0 Å². The predicted octanol–water partition coefficient (Wildman–Crippen LogP) is 5.38. The van der Waals surface area contributed by atoms with Gasteiger partial charge in [-0.15, -0.1) is 11.3 Å². The normalized spacial score (nSPS) is 25.6. The molecule has 0 bridgehead atoms. The van der Waals surface area contributed by atoms with Gasteiger partial charge in [0.1, 0.15) is 0 Å². The Labute approximate surface area is 128 Å². The molecule has 0 aromatic carbocycles. The Balaban J connectivity index is 1.98. The van der Waals surface area contributed by atoms with Crippen LogP contribution in [0.25, 0.3) is 0 Å². The van der Waals surface area contributed by atoms with Crippen LogP contribution in [-0.2, 0) is 0 Å². The second-order valence-electron chi connectivity index (χ2n) is 4.70. The number of hydrogen-bond acceptors (Lipinski definition) is 3. The molecule has 18 heavy (non-hydrogen) atoms. The van der Waals surface area contributed by atoms with Crippen LogP contribution in [0.5, 0.6) is 0 Å². The summed E-state index contributed by atoms with van der Waals surface area (Å²) in [6.45, 7) is 4.41. The Morgan fingerprint density at radius 1 is 1.50 bits per heavy atom. The summed E-state index contributed by atoms with van der Waals surface area (Å²) in [5, 5.41) is 4.48. The largest absolute Gasteiger partial charge is 0.306 e. The fourth-order valence-electron chi connectivity index (χ4n) is 2.59. The lowest BCUT2D eigenvalue weighted by molar-refractivity contribution is 0.468. The lowest BCUT2D eigenvalue weighted by atomic mass is 10.1. The summed E-state index contributed by atoms with van der Waals surface area (Å²) in [7, 11) is 0. The van der Waals surface area contributed by atoms with Gasteiger partial charge in [0.15, 0.2) is 0 Å². The predicted molar refractivity (Wildman–Crippen MR) is 85.4 cm³/mol. The van der Waals surface area contributed by atoms with E-state index in [0.29, 0.717) is 6.04 Å². The highest BCUT2D eigenvalue weighted by Gasteiger charge is 2.28. The molecule has 1 N–H and O–H groups in total. The Morgan fingerprint density at radius 3 is 2.89 bits per heavy atom. The second kappa shape index (κ2) is 6.85. The monoisotopic (exact) mass is 323 g/mol. The zero-order valence-corrected chi connectivity index (χ0v) is 13.9. The van der Waals surface area contributed by atoms with Gasteiger partial charge < -0.3 is 5.32 Å². The first-order valence-corrected chi connectivity index (χ1v) is 9.06. The van der Waals surface area contributed by atoms with Gasteiger partial charge in [-0.2, -0.15) is 11.8 Å². The zero-order valence-electron chi connectivity index (χ0n) is 10.7. The minimum absolute atomic E-state index is 0.282. The van der Waals surface area contributed by atoms with E-state index < -0.39 is 0 Å². The lowest BCUT2D eigenvalue weighted by Crippen LogP contribution is -2.36. The number of rotatable bonds is 5. The van der Waals surface area contributed by atoms with Gasteiger partial charge in [-0.1, -0.05) is 36.5 Å². The van der Waals surface area contributed by atoms with Crippen LogP contribution in [0.4, 0.5) is 0 Å². The summed E-state index contributed by atoms with van der Waals surface area (Å²) in [6, 6.07) is 2.88. The van der Waals surface area contributed by atoms with E-state index in [1.165, 1.54) is 36.4 Å². The first-order valence-electron chi connectivity index (χ1n) is 6.44. The quantitative estimate of drug-likeness (QED) is 0.780. The molecule has 102 valence electrons. The highest BCUT2D eigenvalue weighted by atomic mass is 35.5. The molecule has 3 atom stereocenters. The minimum atomic E-state index is 0.282. The maximum atomic E-state index is 6.21. The van der Waals surface area contributed by atoms with Crippen molar-refractivity contribution in [2.24, 2.45) is 0 Å². The third-order valence-electron chi connectivity index (χ3n) is 3.45. The van der Waals surface area contributed by atoms with Crippen molar-refractivity contribution in [2.45, 2.75) is 50.4 Å². The first kappa shape index (κ1) is 15.0. The van der Waals surface area contributed by atoms with Gasteiger partial charge in [-0.25, -0.2) is 0 Å². The second-order valence-corrected chi connectivity index (χ2v) is 8.50. The van der Waals surface area contributed by atoms with Crippen LogP contribution < -0.4 is 5.32 Å². The highest BCUT2D eigenvalue weighted by Crippen LogP contribution is 2.37. The van der Waals surface area contributed by atoms with Crippen molar-refractivity contribution in [1.82, 2.24) is 5.32 Å². The van der Waals surface area contributed by atoms with E-state index in [4.69, 9.17) is 23.2 Å². The van der Waals surface area contributed by atoms with Crippen molar-refractivity contribution in [3.63, 3.8) is 0 Å². The SMILES string of the molecule is CCSC1CCCC1NC(C)c1cc(Cl)sc1Cl. The number of hydrogen-bond donors (Lipinski definition) is 1. The van der Waals surface area contributed by atoms with Crippen LogP contribution in [0.15, 0.2) is 6.07 Å². The van der Waals surface area contributed by atoms with Crippen LogP contribution in [0.3, 0.4) is 0 Å². The van der Waals surface area contributed by atoms with Gasteiger partial charge in [0.25, 0.3) is 0 Å². The molecule has 1 aliphatic carbocycles. The average Bonchev–Trinajstić information content (AvgIpc) is 2.87. The lowest BCUT2D eigenvalue weighted by Gasteiger charge is -2.24. The molecule has 0 radical (unpaired) electrons. The molecule has 1 nitrogen and oxygen atoms in total. The molecule has 1 aliphatic rings. The molecule has 1 heterocycles. The van der Waals surface area contributed by atoms with Gasteiger partial charge >= 0.3 is 0 Å². The van der Waals surface area contributed by atoms with Gasteiger partial charge in [0, 0.05) is 17.3 Å².